The summed E-state index contributed by atoms with van der Waals surface area (Å²) in [5, 5.41) is 0. The van der Waals surface area contributed by atoms with E-state index in [2.05, 4.69) is 4.98 Å². The largest absolute Gasteiger partial charge is 0.416 e. The summed E-state index contributed by atoms with van der Waals surface area (Å²) in [5.41, 5.74) is 0.811. The molecule has 1 aromatic carbocycles. The smallest absolute Gasteiger partial charge is 0.335 e. The molecule has 0 radical (unpaired) electrons. The van der Waals surface area contributed by atoms with Gasteiger partial charge in [-0.15, -0.1) is 0 Å². The maximum absolute atomic E-state index is 12.6. The summed E-state index contributed by atoms with van der Waals surface area (Å²) in [4.78, 5) is 2.93. The van der Waals surface area contributed by atoms with E-state index in [-0.39, 0.29) is 0 Å². The van der Waals surface area contributed by atoms with Crippen LogP contribution in [0.1, 0.15) is 16.8 Å². The van der Waals surface area contributed by atoms with Crippen LogP contribution in [0, 0.1) is 11.7 Å². The first kappa shape index (κ1) is 12.9. The Hall–Kier alpha value is -1.56. The van der Waals surface area contributed by atoms with Gasteiger partial charge in [0.25, 0.3) is 0 Å². The summed E-state index contributed by atoms with van der Waals surface area (Å²) in [6.07, 6.45) is -2.53. The van der Waals surface area contributed by atoms with Crippen molar-refractivity contribution in [3.63, 3.8) is 0 Å². The van der Waals surface area contributed by atoms with Gasteiger partial charge in [-0.25, -0.2) is 0 Å². The molecular weight excluding hydrogens is 261 g/mol. The van der Waals surface area contributed by atoms with Crippen LogP contribution in [0.5, 0.6) is 0 Å². The quantitative estimate of drug-likeness (QED) is 0.822. The number of alkyl halides is 3. The number of benzene rings is 1. The molecule has 1 heterocycles. The normalized spacial score (nSPS) is 11.8. The Morgan fingerprint density at radius 3 is 2.61 bits per heavy atom. The van der Waals surface area contributed by atoms with Crippen molar-refractivity contribution >= 4 is 12.2 Å². The highest BCUT2D eigenvalue weighted by Gasteiger charge is 2.30. The number of H-pyrrole nitrogens is 1. The van der Waals surface area contributed by atoms with Crippen molar-refractivity contribution in [1.29, 1.82) is 0 Å². The second-order valence-electron chi connectivity index (χ2n) is 4.07. The number of nitrogens with one attached hydrogen (secondary N) is 1. The molecular formula is C12H11F3N2S. The molecule has 6 heteroatoms. The topological polar surface area (TPSA) is 20.7 Å². The van der Waals surface area contributed by atoms with Gasteiger partial charge in [-0.05, 0) is 36.8 Å². The van der Waals surface area contributed by atoms with E-state index >= 15 is 0 Å². The first-order chi connectivity index (χ1) is 8.36. The van der Waals surface area contributed by atoms with Crippen molar-refractivity contribution in [2.24, 2.45) is 0 Å². The molecule has 1 N–H and O–H groups in total. The maximum atomic E-state index is 12.6. The number of imidazole rings is 1. The second kappa shape index (κ2) is 4.61. The van der Waals surface area contributed by atoms with E-state index in [1.165, 1.54) is 6.07 Å². The van der Waals surface area contributed by atoms with E-state index in [4.69, 9.17) is 12.2 Å². The van der Waals surface area contributed by atoms with Gasteiger partial charge in [0.05, 0.1) is 5.56 Å². The van der Waals surface area contributed by atoms with Gasteiger partial charge in [0, 0.05) is 18.4 Å². The zero-order valence-electron chi connectivity index (χ0n) is 9.58. The molecule has 2 aromatic rings. The summed E-state index contributed by atoms with van der Waals surface area (Å²) in [6, 6.07) is 5.26. The minimum atomic E-state index is -4.31. The molecule has 0 saturated carbocycles. The molecule has 2 nitrogen and oxygen atoms in total. The third kappa shape index (κ3) is 2.81. The minimum Gasteiger partial charge on any atom is -0.335 e. The van der Waals surface area contributed by atoms with Gasteiger partial charge in [0.15, 0.2) is 4.77 Å². The molecule has 18 heavy (non-hydrogen) atoms. The lowest BCUT2D eigenvalue weighted by molar-refractivity contribution is -0.137. The fourth-order valence-electron chi connectivity index (χ4n) is 1.73. The van der Waals surface area contributed by atoms with E-state index in [1.807, 2.05) is 6.92 Å². The van der Waals surface area contributed by atoms with E-state index in [0.29, 0.717) is 16.9 Å². The summed E-state index contributed by atoms with van der Waals surface area (Å²) in [7, 11) is 0. The first-order valence-corrected chi connectivity index (χ1v) is 5.69. The zero-order chi connectivity index (χ0) is 13.3. The Kier molecular flexibility index (Phi) is 3.30. The first-order valence-electron chi connectivity index (χ1n) is 5.28. The van der Waals surface area contributed by atoms with Crippen LogP contribution >= 0.6 is 12.2 Å². The number of aromatic nitrogens is 2. The number of nitrogens with zero attached hydrogens (tertiary/aromatic N) is 1. The average Bonchev–Trinajstić information content (AvgIpc) is 2.56. The summed E-state index contributed by atoms with van der Waals surface area (Å²) in [6.45, 7) is 2.17. The maximum Gasteiger partial charge on any atom is 0.416 e. The van der Waals surface area contributed by atoms with Crippen molar-refractivity contribution in [1.82, 2.24) is 9.55 Å². The number of hydrogen-bond donors (Lipinski definition) is 1. The highest BCUT2D eigenvalue weighted by molar-refractivity contribution is 7.71. The van der Waals surface area contributed by atoms with Crippen LogP contribution in [-0.2, 0) is 12.7 Å². The van der Waals surface area contributed by atoms with Crippen molar-refractivity contribution in [2.45, 2.75) is 19.6 Å². The number of hydrogen-bond acceptors (Lipinski definition) is 1. The lowest BCUT2D eigenvalue weighted by Crippen LogP contribution is -2.06. The Balaban J connectivity index is 2.30. The Morgan fingerprint density at radius 2 is 2.06 bits per heavy atom. The van der Waals surface area contributed by atoms with E-state index in [0.717, 1.165) is 17.8 Å². The Bertz CT molecular complexity index is 610. The van der Waals surface area contributed by atoms with Crippen LogP contribution in [0.2, 0.25) is 0 Å². The molecule has 0 unspecified atom stereocenters. The van der Waals surface area contributed by atoms with Gasteiger partial charge >= 0.3 is 6.18 Å². The van der Waals surface area contributed by atoms with Crippen molar-refractivity contribution in [3.8, 4) is 0 Å². The standard InChI is InChI=1S/C12H11F3N2S/c1-8-6-17(11(18)16-8)7-9-3-2-4-10(5-9)12(13,14)15/h2-6H,7H2,1H3,(H,16,18). The van der Waals surface area contributed by atoms with Crippen LogP contribution in [-0.4, -0.2) is 9.55 Å². The van der Waals surface area contributed by atoms with Gasteiger partial charge < -0.3 is 9.55 Å². The van der Waals surface area contributed by atoms with Crippen LogP contribution in [0.4, 0.5) is 13.2 Å². The zero-order valence-corrected chi connectivity index (χ0v) is 10.4. The molecule has 2 rings (SSSR count). The lowest BCUT2D eigenvalue weighted by atomic mass is 10.1. The highest BCUT2D eigenvalue weighted by Crippen LogP contribution is 2.29. The molecule has 0 atom stereocenters. The molecule has 1 aromatic heterocycles. The van der Waals surface area contributed by atoms with E-state index < -0.39 is 11.7 Å². The Morgan fingerprint density at radius 1 is 1.33 bits per heavy atom. The van der Waals surface area contributed by atoms with Crippen LogP contribution in [0.3, 0.4) is 0 Å². The van der Waals surface area contributed by atoms with Crippen LogP contribution in [0.15, 0.2) is 30.5 Å². The van der Waals surface area contributed by atoms with Gasteiger partial charge in [0.1, 0.15) is 0 Å². The SMILES string of the molecule is Cc1cn(Cc2cccc(C(F)(F)F)c2)c(=S)[nH]1. The summed E-state index contributed by atoms with van der Waals surface area (Å²) in [5.74, 6) is 0. The van der Waals surface area contributed by atoms with Gasteiger partial charge in [-0.3, -0.25) is 0 Å². The van der Waals surface area contributed by atoms with Crippen molar-refractivity contribution < 1.29 is 13.2 Å². The third-order valence-electron chi connectivity index (χ3n) is 2.52. The van der Waals surface area contributed by atoms with E-state index in [1.54, 1.807) is 16.8 Å². The third-order valence-corrected chi connectivity index (χ3v) is 2.86. The molecule has 0 aliphatic heterocycles. The second-order valence-corrected chi connectivity index (χ2v) is 4.46. The van der Waals surface area contributed by atoms with Crippen LogP contribution < -0.4 is 0 Å². The number of rotatable bonds is 2. The highest BCUT2D eigenvalue weighted by atomic mass is 32.1. The molecule has 0 amide bonds. The van der Waals surface area contributed by atoms with Gasteiger partial charge in [-0.2, -0.15) is 13.2 Å². The molecule has 0 bridgehead atoms. The fourth-order valence-corrected chi connectivity index (χ4v) is 2.00. The molecule has 0 fully saturated rings. The predicted octanol–water partition coefficient (Wildman–Crippen LogP) is 3.92. The molecule has 96 valence electrons. The number of halogens is 3. The molecule has 0 aliphatic carbocycles. The average molecular weight is 272 g/mol. The number of aromatic amines is 1. The molecule has 0 aliphatic rings. The van der Waals surface area contributed by atoms with Crippen molar-refractivity contribution in [3.05, 3.63) is 52.1 Å². The summed E-state index contributed by atoms with van der Waals surface area (Å²) >= 11 is 5.06. The lowest BCUT2D eigenvalue weighted by Gasteiger charge is -2.09. The van der Waals surface area contributed by atoms with Gasteiger partial charge in [-0.1, -0.05) is 12.1 Å². The summed E-state index contributed by atoms with van der Waals surface area (Å²) < 4.78 is 39.9. The van der Waals surface area contributed by atoms with Crippen LogP contribution in [0.25, 0.3) is 0 Å². The molecule has 0 saturated heterocycles. The predicted molar refractivity (Wildman–Crippen MR) is 64.9 cm³/mol. The molecule has 0 spiro atoms. The van der Waals surface area contributed by atoms with Gasteiger partial charge in [0.2, 0.25) is 0 Å². The van der Waals surface area contributed by atoms with Crippen molar-refractivity contribution in [2.75, 3.05) is 0 Å². The monoisotopic (exact) mass is 272 g/mol. The Labute approximate surface area is 107 Å². The minimum absolute atomic E-state index is 0.326. The van der Waals surface area contributed by atoms with E-state index in [9.17, 15) is 13.2 Å². The number of aryl methyl sites for hydroxylation is 1. The fraction of sp³-hybridized carbons (Fsp3) is 0.250.